The maximum absolute atomic E-state index is 13.5. The van der Waals surface area contributed by atoms with Gasteiger partial charge in [0.1, 0.15) is 5.75 Å². The quantitative estimate of drug-likeness (QED) is 0.687. The average Bonchev–Trinajstić information content (AvgIpc) is 2.82. The maximum atomic E-state index is 13.5. The Hall–Kier alpha value is -3.26. The lowest BCUT2D eigenvalue weighted by Gasteiger charge is -2.33. The lowest BCUT2D eigenvalue weighted by atomic mass is 9.83. The number of hydrogen-bond acceptors (Lipinski definition) is 7. The molecule has 4 rings (SSSR count). The molecule has 2 aromatic carbocycles. The highest BCUT2D eigenvalue weighted by atomic mass is 16.5. The third kappa shape index (κ3) is 4.03. The summed E-state index contributed by atoms with van der Waals surface area (Å²) in [5.74, 6) is 0.614. The predicted molar refractivity (Wildman–Crippen MR) is 118 cm³/mol. The van der Waals surface area contributed by atoms with Crippen molar-refractivity contribution in [3.05, 3.63) is 41.5 Å². The highest BCUT2D eigenvalue weighted by Gasteiger charge is 2.34. The first-order valence-corrected chi connectivity index (χ1v) is 10.3. The van der Waals surface area contributed by atoms with Crippen LogP contribution in [0.3, 0.4) is 0 Å². The number of piperazine rings is 1. The minimum atomic E-state index is -0.612. The number of benzene rings is 2. The van der Waals surface area contributed by atoms with Gasteiger partial charge in [-0.05, 0) is 29.8 Å². The van der Waals surface area contributed by atoms with E-state index in [9.17, 15) is 9.59 Å². The number of ether oxygens (including phenoxy) is 3. The summed E-state index contributed by atoms with van der Waals surface area (Å²) in [6.45, 7) is 3.51. The Kier molecular flexibility index (Phi) is 5.99. The van der Waals surface area contributed by atoms with Crippen LogP contribution in [0.15, 0.2) is 30.3 Å². The average molecular weight is 425 g/mol. The molecular weight excluding hydrogens is 398 g/mol. The van der Waals surface area contributed by atoms with Crippen molar-refractivity contribution < 1.29 is 23.8 Å². The van der Waals surface area contributed by atoms with Gasteiger partial charge in [0.2, 0.25) is 5.91 Å². The van der Waals surface area contributed by atoms with Gasteiger partial charge in [-0.25, -0.2) is 0 Å². The molecule has 1 fully saturated rings. The fourth-order valence-electron chi connectivity index (χ4n) is 4.21. The first-order chi connectivity index (χ1) is 15.0. The van der Waals surface area contributed by atoms with E-state index in [-0.39, 0.29) is 18.1 Å². The van der Waals surface area contributed by atoms with Gasteiger partial charge >= 0.3 is 0 Å². The number of ketones is 1. The molecule has 0 aliphatic carbocycles. The Labute approximate surface area is 181 Å². The van der Waals surface area contributed by atoms with Gasteiger partial charge in [0, 0.05) is 49.9 Å². The van der Waals surface area contributed by atoms with E-state index in [0.29, 0.717) is 28.5 Å². The SMILES string of the molecule is COc1ccc(C(=O)C2CC(=O)Nc3c(OC)cc(N4CCNCC4)cc32)cc1OC. The van der Waals surface area contributed by atoms with Crippen LogP contribution in [0, 0.1) is 0 Å². The highest BCUT2D eigenvalue weighted by molar-refractivity contribution is 6.09. The van der Waals surface area contributed by atoms with Crippen LogP contribution < -0.4 is 29.7 Å². The zero-order valence-electron chi connectivity index (χ0n) is 18.0. The summed E-state index contributed by atoms with van der Waals surface area (Å²) in [5, 5.41) is 6.24. The Morgan fingerprint density at radius 1 is 0.968 bits per heavy atom. The van der Waals surface area contributed by atoms with Gasteiger partial charge in [-0.2, -0.15) is 0 Å². The number of anilines is 2. The third-order valence-electron chi connectivity index (χ3n) is 5.83. The van der Waals surface area contributed by atoms with Crippen LogP contribution in [0.2, 0.25) is 0 Å². The molecule has 31 heavy (non-hydrogen) atoms. The van der Waals surface area contributed by atoms with E-state index in [0.717, 1.165) is 37.4 Å². The zero-order valence-corrected chi connectivity index (χ0v) is 18.0. The number of carbonyl (C=O) groups is 2. The van der Waals surface area contributed by atoms with Crippen LogP contribution in [0.1, 0.15) is 28.3 Å². The second-order valence-electron chi connectivity index (χ2n) is 7.59. The standard InChI is InChI=1S/C23H27N3O5/c1-29-18-5-4-14(10-19(18)30-2)23(28)17-13-21(27)25-22-16(17)11-15(12-20(22)31-3)26-8-6-24-7-9-26/h4-5,10-12,17,24H,6-9,13H2,1-3H3,(H,25,27). The van der Waals surface area contributed by atoms with Gasteiger partial charge in [-0.3, -0.25) is 9.59 Å². The lowest BCUT2D eigenvalue weighted by Crippen LogP contribution is -2.43. The third-order valence-corrected chi connectivity index (χ3v) is 5.83. The van der Waals surface area contributed by atoms with Crippen molar-refractivity contribution in [3.8, 4) is 17.2 Å². The van der Waals surface area contributed by atoms with Crippen molar-refractivity contribution in [2.75, 3.05) is 57.7 Å². The fourth-order valence-corrected chi connectivity index (χ4v) is 4.21. The van der Waals surface area contributed by atoms with Crippen LogP contribution >= 0.6 is 0 Å². The van der Waals surface area contributed by atoms with Crippen LogP contribution in [0.25, 0.3) is 0 Å². The number of methoxy groups -OCH3 is 3. The second-order valence-corrected chi connectivity index (χ2v) is 7.59. The van der Waals surface area contributed by atoms with Crippen molar-refractivity contribution >= 4 is 23.1 Å². The number of fused-ring (bicyclic) bond motifs is 1. The Balaban J connectivity index is 1.76. The van der Waals surface area contributed by atoms with Crippen LogP contribution in [0.5, 0.6) is 17.2 Å². The molecule has 0 radical (unpaired) electrons. The fraction of sp³-hybridized carbons (Fsp3) is 0.391. The number of hydrogen-bond donors (Lipinski definition) is 2. The molecule has 2 heterocycles. The van der Waals surface area contributed by atoms with E-state index in [2.05, 4.69) is 15.5 Å². The van der Waals surface area contributed by atoms with E-state index in [1.165, 1.54) is 7.11 Å². The summed E-state index contributed by atoms with van der Waals surface area (Å²) >= 11 is 0. The summed E-state index contributed by atoms with van der Waals surface area (Å²) in [6.07, 6.45) is 0.0777. The second kappa shape index (κ2) is 8.85. The minimum Gasteiger partial charge on any atom is -0.494 e. The molecule has 0 saturated carbocycles. The van der Waals surface area contributed by atoms with Crippen LogP contribution in [-0.4, -0.2) is 59.2 Å². The number of amides is 1. The van der Waals surface area contributed by atoms with Crippen LogP contribution in [-0.2, 0) is 4.79 Å². The van der Waals surface area contributed by atoms with Gasteiger partial charge in [-0.1, -0.05) is 0 Å². The van der Waals surface area contributed by atoms with Crippen molar-refractivity contribution in [1.29, 1.82) is 0 Å². The summed E-state index contributed by atoms with van der Waals surface area (Å²) in [4.78, 5) is 28.2. The van der Waals surface area contributed by atoms with Gasteiger partial charge in [0.25, 0.3) is 0 Å². The largest absolute Gasteiger partial charge is 0.494 e. The van der Waals surface area contributed by atoms with E-state index in [1.807, 2.05) is 12.1 Å². The molecule has 0 spiro atoms. The lowest BCUT2D eigenvalue weighted by molar-refractivity contribution is -0.116. The molecule has 1 amide bonds. The van der Waals surface area contributed by atoms with Crippen molar-refractivity contribution in [3.63, 3.8) is 0 Å². The Morgan fingerprint density at radius 2 is 1.68 bits per heavy atom. The van der Waals surface area contributed by atoms with Gasteiger partial charge in [-0.15, -0.1) is 0 Å². The molecule has 0 aromatic heterocycles. The number of nitrogens with zero attached hydrogens (tertiary/aromatic N) is 1. The molecule has 2 aliphatic heterocycles. The summed E-state index contributed by atoms with van der Waals surface area (Å²) in [7, 11) is 4.65. The topological polar surface area (TPSA) is 89.1 Å². The van der Waals surface area contributed by atoms with Crippen molar-refractivity contribution in [1.82, 2.24) is 5.32 Å². The Bertz CT molecular complexity index is 1000. The van der Waals surface area contributed by atoms with Gasteiger partial charge in [0.15, 0.2) is 17.3 Å². The summed E-state index contributed by atoms with van der Waals surface area (Å²) in [5.41, 5.74) is 2.79. The first kappa shape index (κ1) is 21.0. The maximum Gasteiger partial charge on any atom is 0.225 e. The molecule has 8 nitrogen and oxygen atoms in total. The monoisotopic (exact) mass is 425 g/mol. The molecule has 1 atom stereocenters. The van der Waals surface area contributed by atoms with Crippen molar-refractivity contribution in [2.24, 2.45) is 0 Å². The van der Waals surface area contributed by atoms with E-state index in [4.69, 9.17) is 14.2 Å². The predicted octanol–water partition coefficient (Wildman–Crippen LogP) is 2.43. The molecule has 2 aromatic rings. The molecule has 164 valence electrons. The number of carbonyl (C=O) groups excluding carboxylic acids is 2. The smallest absolute Gasteiger partial charge is 0.225 e. The van der Waals surface area contributed by atoms with Crippen LogP contribution in [0.4, 0.5) is 11.4 Å². The zero-order chi connectivity index (χ0) is 22.0. The summed E-state index contributed by atoms with van der Waals surface area (Å²) in [6, 6.07) is 8.99. The molecule has 2 aliphatic rings. The normalized spacial score (nSPS) is 18.1. The molecule has 2 N–H and O–H groups in total. The highest BCUT2D eigenvalue weighted by Crippen LogP contribution is 2.43. The first-order valence-electron chi connectivity index (χ1n) is 10.3. The molecular formula is C23H27N3O5. The Morgan fingerprint density at radius 3 is 2.35 bits per heavy atom. The molecule has 1 saturated heterocycles. The number of Topliss-reactive ketones (excluding diaryl/α,β-unsaturated/α-hetero) is 1. The summed E-state index contributed by atoms with van der Waals surface area (Å²) < 4.78 is 16.2. The number of nitrogens with one attached hydrogen (secondary N) is 2. The number of rotatable bonds is 6. The molecule has 0 bridgehead atoms. The molecule has 1 unspecified atom stereocenters. The van der Waals surface area contributed by atoms with E-state index < -0.39 is 5.92 Å². The minimum absolute atomic E-state index is 0.0777. The van der Waals surface area contributed by atoms with Crippen molar-refractivity contribution in [2.45, 2.75) is 12.3 Å². The molecule has 8 heteroatoms. The van der Waals surface area contributed by atoms with Gasteiger partial charge in [0.05, 0.1) is 32.9 Å². The van der Waals surface area contributed by atoms with E-state index in [1.54, 1.807) is 32.4 Å². The van der Waals surface area contributed by atoms with Gasteiger partial charge < -0.3 is 29.7 Å². The van der Waals surface area contributed by atoms with E-state index >= 15 is 0 Å².